The second-order valence-corrected chi connectivity index (χ2v) is 10.0. The van der Waals surface area contributed by atoms with Gasteiger partial charge in [-0.25, -0.2) is 9.78 Å². The first kappa shape index (κ1) is 26.9. The van der Waals surface area contributed by atoms with Crippen LogP contribution in [0.2, 0.25) is 0 Å². The van der Waals surface area contributed by atoms with Gasteiger partial charge in [-0.15, -0.1) is 0 Å². The normalized spacial score (nSPS) is 13.7. The second-order valence-electron chi connectivity index (χ2n) is 10.0. The van der Waals surface area contributed by atoms with E-state index in [0.717, 1.165) is 69.5 Å². The molecule has 204 valence electrons. The van der Waals surface area contributed by atoms with Crippen LogP contribution in [0.3, 0.4) is 0 Å². The molecule has 3 heterocycles. The maximum absolute atomic E-state index is 13.7. The van der Waals surface area contributed by atoms with Crippen LogP contribution in [0, 0.1) is 0 Å². The lowest BCUT2D eigenvalue weighted by molar-refractivity contribution is 0.0602. The van der Waals surface area contributed by atoms with E-state index in [9.17, 15) is 4.79 Å². The molecule has 1 aliphatic rings. The van der Waals surface area contributed by atoms with Crippen LogP contribution < -0.4 is 9.64 Å². The number of anilines is 1. The minimum Gasteiger partial charge on any atom is -0.497 e. The zero-order valence-electron chi connectivity index (χ0n) is 23.2. The number of benzene rings is 2. The van der Waals surface area contributed by atoms with E-state index in [1.54, 1.807) is 7.11 Å². The lowest BCUT2D eigenvalue weighted by Crippen LogP contribution is -2.38. The number of hydrogen-bond donors (Lipinski definition) is 0. The average Bonchev–Trinajstić information content (AvgIpc) is 2.99. The number of hydrogen-bond acceptors (Lipinski definition) is 7. The van der Waals surface area contributed by atoms with E-state index in [2.05, 4.69) is 24.0 Å². The Morgan fingerprint density at radius 3 is 2.44 bits per heavy atom. The van der Waals surface area contributed by atoms with Crippen LogP contribution in [-0.2, 0) is 22.3 Å². The SMILES string of the molecule is CCCCCCc1nc2ccccc2c2c(C(=O)OC)c(N3CCOCC3)c(Cc3ccc(OC)cc3)nc12. The standard InChI is InChI=1S/C32H37N3O4/c1-4-5-6-7-12-26-30-28(24-10-8-9-11-25(24)33-26)29(32(36)38-3)31(35-17-19-39-20-18-35)27(34-30)21-22-13-15-23(37-2)16-14-22/h8-11,13-16H,4-7,12,17-21H2,1-3H3. The Morgan fingerprint density at radius 2 is 1.72 bits per heavy atom. The number of ether oxygens (including phenoxy) is 3. The Morgan fingerprint density at radius 1 is 0.949 bits per heavy atom. The van der Waals surface area contributed by atoms with Crippen LogP contribution in [0.1, 0.15) is 59.9 Å². The number of esters is 1. The summed E-state index contributed by atoms with van der Waals surface area (Å²) in [6.45, 7) is 4.77. The first-order chi connectivity index (χ1) is 19.1. The molecule has 4 aromatic rings. The van der Waals surface area contributed by atoms with Crippen molar-refractivity contribution in [3.05, 3.63) is 71.0 Å². The van der Waals surface area contributed by atoms with E-state index in [-0.39, 0.29) is 5.97 Å². The van der Waals surface area contributed by atoms with Gasteiger partial charge >= 0.3 is 5.97 Å². The van der Waals surface area contributed by atoms with Crippen molar-refractivity contribution in [1.29, 1.82) is 0 Å². The molecule has 1 saturated heterocycles. The number of morpholine rings is 1. The summed E-state index contributed by atoms with van der Waals surface area (Å²) in [5, 5.41) is 1.75. The van der Waals surface area contributed by atoms with Crippen LogP contribution in [0.5, 0.6) is 5.75 Å². The number of fused-ring (bicyclic) bond motifs is 3. The van der Waals surface area contributed by atoms with Gasteiger partial charge in [-0.2, -0.15) is 0 Å². The molecule has 1 aliphatic heterocycles. The number of aromatic nitrogens is 2. The third kappa shape index (κ3) is 5.69. The molecule has 2 aromatic carbocycles. The van der Waals surface area contributed by atoms with E-state index in [1.807, 2.05) is 36.4 Å². The molecule has 39 heavy (non-hydrogen) atoms. The molecule has 0 amide bonds. The molecule has 0 atom stereocenters. The summed E-state index contributed by atoms with van der Waals surface area (Å²) in [6, 6.07) is 16.1. The van der Waals surface area contributed by atoms with Gasteiger partial charge in [0.05, 0.1) is 61.1 Å². The zero-order valence-corrected chi connectivity index (χ0v) is 23.2. The molecule has 2 aromatic heterocycles. The molecule has 1 fully saturated rings. The number of rotatable bonds is 10. The number of para-hydroxylation sites is 1. The van der Waals surface area contributed by atoms with Gasteiger partial charge in [0, 0.05) is 30.3 Å². The molecular formula is C32H37N3O4. The Kier molecular flexibility index (Phi) is 8.57. The Hall–Kier alpha value is -3.71. The fourth-order valence-corrected chi connectivity index (χ4v) is 5.46. The third-order valence-corrected chi connectivity index (χ3v) is 7.46. The number of nitrogens with zero attached hydrogens (tertiary/aromatic N) is 3. The van der Waals surface area contributed by atoms with Gasteiger partial charge in [0.1, 0.15) is 5.75 Å². The van der Waals surface area contributed by atoms with E-state index in [4.69, 9.17) is 24.2 Å². The summed E-state index contributed by atoms with van der Waals surface area (Å²) in [4.78, 5) is 26.3. The molecule has 0 N–H and O–H groups in total. The summed E-state index contributed by atoms with van der Waals surface area (Å²) >= 11 is 0. The van der Waals surface area contributed by atoms with Crippen molar-refractivity contribution in [1.82, 2.24) is 9.97 Å². The Labute approximate surface area is 230 Å². The van der Waals surface area contributed by atoms with Gasteiger partial charge in [-0.05, 0) is 36.6 Å². The van der Waals surface area contributed by atoms with Crippen LogP contribution in [0.4, 0.5) is 5.69 Å². The van der Waals surface area contributed by atoms with Crippen molar-refractivity contribution in [2.24, 2.45) is 0 Å². The van der Waals surface area contributed by atoms with Gasteiger partial charge in [0.25, 0.3) is 0 Å². The fraction of sp³-hybridized carbons (Fsp3) is 0.406. The summed E-state index contributed by atoms with van der Waals surface area (Å²) in [5.74, 6) is 0.451. The number of carbonyl (C=O) groups excluding carboxylic acids is 1. The van der Waals surface area contributed by atoms with Gasteiger partial charge in [-0.3, -0.25) is 4.98 Å². The summed E-state index contributed by atoms with van der Waals surface area (Å²) in [7, 11) is 3.12. The van der Waals surface area contributed by atoms with E-state index < -0.39 is 0 Å². The van der Waals surface area contributed by atoms with Crippen molar-refractivity contribution in [2.45, 2.75) is 45.4 Å². The molecular weight excluding hydrogens is 490 g/mol. The average molecular weight is 528 g/mol. The van der Waals surface area contributed by atoms with Crippen LogP contribution >= 0.6 is 0 Å². The number of unbranched alkanes of at least 4 members (excludes halogenated alkanes) is 3. The third-order valence-electron chi connectivity index (χ3n) is 7.46. The van der Waals surface area contributed by atoms with Crippen molar-refractivity contribution < 1.29 is 19.0 Å². The van der Waals surface area contributed by atoms with Crippen LogP contribution in [-0.4, -0.2) is 56.5 Å². The summed E-state index contributed by atoms with van der Waals surface area (Å²) in [5.41, 5.74) is 5.95. The highest BCUT2D eigenvalue weighted by atomic mass is 16.5. The highest BCUT2D eigenvalue weighted by Crippen LogP contribution is 2.38. The largest absolute Gasteiger partial charge is 0.497 e. The fourth-order valence-electron chi connectivity index (χ4n) is 5.46. The molecule has 0 saturated carbocycles. The molecule has 0 spiro atoms. The number of aryl methyl sites for hydroxylation is 1. The molecule has 0 radical (unpaired) electrons. The van der Waals surface area contributed by atoms with Crippen molar-refractivity contribution >= 4 is 33.5 Å². The second kappa shape index (κ2) is 12.4. The van der Waals surface area contributed by atoms with Crippen LogP contribution in [0.15, 0.2) is 48.5 Å². The predicted molar refractivity (Wildman–Crippen MR) is 155 cm³/mol. The first-order valence-corrected chi connectivity index (χ1v) is 13.9. The lowest BCUT2D eigenvalue weighted by Gasteiger charge is -2.32. The molecule has 7 heteroatoms. The highest BCUT2D eigenvalue weighted by Gasteiger charge is 2.29. The van der Waals surface area contributed by atoms with Crippen molar-refractivity contribution in [3.63, 3.8) is 0 Å². The Balaban J connectivity index is 1.78. The lowest BCUT2D eigenvalue weighted by atomic mass is 9.95. The van der Waals surface area contributed by atoms with Gasteiger partial charge in [0.2, 0.25) is 0 Å². The maximum Gasteiger partial charge on any atom is 0.340 e. The van der Waals surface area contributed by atoms with E-state index >= 15 is 0 Å². The molecule has 5 rings (SSSR count). The molecule has 0 aliphatic carbocycles. The first-order valence-electron chi connectivity index (χ1n) is 13.9. The zero-order chi connectivity index (χ0) is 27.2. The number of methoxy groups -OCH3 is 2. The van der Waals surface area contributed by atoms with Crippen LogP contribution in [0.25, 0.3) is 21.8 Å². The van der Waals surface area contributed by atoms with Gasteiger partial charge in [0.15, 0.2) is 0 Å². The smallest absolute Gasteiger partial charge is 0.340 e. The predicted octanol–water partition coefficient (Wildman–Crippen LogP) is 6.13. The highest BCUT2D eigenvalue weighted by molar-refractivity contribution is 6.18. The van der Waals surface area contributed by atoms with Crippen molar-refractivity contribution in [2.75, 3.05) is 45.4 Å². The molecule has 0 unspecified atom stereocenters. The summed E-state index contributed by atoms with van der Waals surface area (Å²) < 4.78 is 16.5. The molecule has 0 bridgehead atoms. The van der Waals surface area contributed by atoms with Gasteiger partial charge in [-0.1, -0.05) is 56.5 Å². The minimum atomic E-state index is -0.354. The van der Waals surface area contributed by atoms with E-state index in [1.165, 1.54) is 20.0 Å². The number of carbonyl (C=O) groups is 1. The van der Waals surface area contributed by atoms with Crippen molar-refractivity contribution in [3.8, 4) is 5.75 Å². The summed E-state index contributed by atoms with van der Waals surface area (Å²) in [6.07, 6.45) is 5.91. The Bertz CT molecular complexity index is 1450. The quantitative estimate of drug-likeness (QED) is 0.140. The molecule has 7 nitrogen and oxygen atoms in total. The van der Waals surface area contributed by atoms with E-state index in [0.29, 0.717) is 38.3 Å². The maximum atomic E-state index is 13.7. The number of pyridine rings is 2. The minimum absolute atomic E-state index is 0.354. The van der Waals surface area contributed by atoms with Gasteiger partial charge < -0.3 is 19.1 Å². The topological polar surface area (TPSA) is 73.8 Å². The monoisotopic (exact) mass is 527 g/mol.